The van der Waals surface area contributed by atoms with Gasteiger partial charge in [-0.1, -0.05) is 24.3 Å². The number of ether oxygens (including phenoxy) is 2. The summed E-state index contributed by atoms with van der Waals surface area (Å²) in [5.41, 5.74) is 3.85. The van der Waals surface area contributed by atoms with E-state index >= 15 is 0 Å². The average Bonchev–Trinajstić information content (AvgIpc) is 2.93. The maximum absolute atomic E-state index is 13.0. The third-order valence-corrected chi connectivity index (χ3v) is 7.23. The molecule has 36 heavy (non-hydrogen) atoms. The molecule has 8 heteroatoms. The molecule has 3 aromatic carbocycles. The second-order valence-electron chi connectivity index (χ2n) is 8.08. The van der Waals surface area contributed by atoms with Crippen molar-refractivity contribution in [2.75, 3.05) is 7.11 Å². The largest absolute Gasteiger partial charge is 0.497 e. The topological polar surface area (TPSA) is 97.2 Å². The molecule has 0 saturated carbocycles. The number of aromatic nitrogens is 2. The van der Waals surface area contributed by atoms with Crippen LogP contribution in [0.15, 0.2) is 108 Å². The molecule has 0 aliphatic carbocycles. The van der Waals surface area contributed by atoms with Crippen molar-refractivity contribution in [2.45, 2.75) is 11.4 Å². The monoisotopic (exact) mass is 496 g/mol. The first-order valence-electron chi connectivity index (χ1n) is 11.3. The molecule has 0 aliphatic heterocycles. The summed E-state index contributed by atoms with van der Waals surface area (Å²) in [6, 6.07) is 25.9. The second kappa shape index (κ2) is 10.2. The SMILES string of the molecule is COc1ccc2c(Oc3ccc(S(=N)(=O)NCc4ccc(-c5ccncc5)cc4)cc3)ccnc2c1. The summed E-state index contributed by atoms with van der Waals surface area (Å²) in [5, 5.41) is 0.850. The van der Waals surface area contributed by atoms with Crippen LogP contribution in [-0.2, 0) is 16.5 Å². The predicted molar refractivity (Wildman–Crippen MR) is 140 cm³/mol. The van der Waals surface area contributed by atoms with Crippen molar-refractivity contribution in [2.24, 2.45) is 0 Å². The lowest BCUT2D eigenvalue weighted by Crippen LogP contribution is -2.21. The average molecular weight is 497 g/mol. The Balaban J connectivity index is 1.25. The van der Waals surface area contributed by atoms with E-state index in [1.54, 1.807) is 56.0 Å². The predicted octanol–water partition coefficient (Wildman–Crippen LogP) is 6.21. The highest BCUT2D eigenvalue weighted by Gasteiger charge is 2.11. The lowest BCUT2D eigenvalue weighted by atomic mass is 10.1. The highest BCUT2D eigenvalue weighted by molar-refractivity contribution is 7.90. The Morgan fingerprint density at radius 3 is 2.25 bits per heavy atom. The van der Waals surface area contributed by atoms with Crippen LogP contribution in [0, 0.1) is 4.78 Å². The Hall–Kier alpha value is -4.27. The van der Waals surface area contributed by atoms with Gasteiger partial charge >= 0.3 is 0 Å². The van der Waals surface area contributed by atoms with Gasteiger partial charge in [0, 0.05) is 36.6 Å². The molecule has 0 radical (unpaired) electrons. The van der Waals surface area contributed by atoms with E-state index in [0.29, 0.717) is 22.9 Å². The first-order valence-corrected chi connectivity index (χ1v) is 12.8. The van der Waals surface area contributed by atoms with Crippen molar-refractivity contribution in [1.29, 1.82) is 4.78 Å². The van der Waals surface area contributed by atoms with Gasteiger partial charge in [-0.3, -0.25) is 9.97 Å². The number of benzene rings is 3. The third-order valence-electron chi connectivity index (χ3n) is 5.74. The molecule has 0 saturated heterocycles. The minimum absolute atomic E-state index is 0.309. The minimum Gasteiger partial charge on any atom is -0.497 e. The molecule has 2 heterocycles. The zero-order valence-electron chi connectivity index (χ0n) is 19.5. The van der Waals surface area contributed by atoms with E-state index in [1.807, 2.05) is 54.6 Å². The van der Waals surface area contributed by atoms with Crippen molar-refractivity contribution in [3.63, 3.8) is 0 Å². The zero-order valence-corrected chi connectivity index (χ0v) is 20.4. The van der Waals surface area contributed by atoms with Crippen LogP contribution >= 0.6 is 0 Å². The van der Waals surface area contributed by atoms with Crippen molar-refractivity contribution in [3.05, 3.63) is 109 Å². The van der Waals surface area contributed by atoms with Gasteiger partial charge in [0.2, 0.25) is 0 Å². The molecule has 1 unspecified atom stereocenters. The lowest BCUT2D eigenvalue weighted by Gasteiger charge is -2.12. The Labute approximate surface area is 209 Å². The van der Waals surface area contributed by atoms with Gasteiger partial charge in [-0.25, -0.2) is 13.7 Å². The van der Waals surface area contributed by atoms with Crippen molar-refractivity contribution in [1.82, 2.24) is 14.7 Å². The number of methoxy groups -OCH3 is 1. The normalized spacial score (nSPS) is 12.7. The van der Waals surface area contributed by atoms with Gasteiger partial charge in [-0.05, 0) is 71.3 Å². The number of nitrogens with one attached hydrogen (secondary N) is 2. The molecule has 0 amide bonds. The molecular weight excluding hydrogens is 472 g/mol. The van der Waals surface area contributed by atoms with E-state index in [-0.39, 0.29) is 0 Å². The second-order valence-corrected chi connectivity index (χ2v) is 9.95. The highest BCUT2D eigenvalue weighted by Crippen LogP contribution is 2.31. The van der Waals surface area contributed by atoms with Crippen molar-refractivity contribution >= 4 is 20.8 Å². The molecule has 0 aliphatic rings. The summed E-state index contributed by atoms with van der Waals surface area (Å²) < 4.78 is 35.6. The van der Waals surface area contributed by atoms with Gasteiger partial charge in [0.05, 0.1) is 17.5 Å². The summed E-state index contributed by atoms with van der Waals surface area (Å²) in [6.45, 7) is 0.309. The zero-order chi connectivity index (χ0) is 25.0. The van der Waals surface area contributed by atoms with Crippen LogP contribution in [0.2, 0.25) is 0 Å². The van der Waals surface area contributed by atoms with Crippen LogP contribution in [0.1, 0.15) is 5.56 Å². The summed E-state index contributed by atoms with van der Waals surface area (Å²) >= 11 is 0. The number of fused-ring (bicyclic) bond motifs is 1. The highest BCUT2D eigenvalue weighted by atomic mass is 32.2. The van der Waals surface area contributed by atoms with Crippen LogP contribution in [-0.4, -0.2) is 21.3 Å². The maximum Gasteiger partial charge on any atom is 0.138 e. The number of hydrogen-bond donors (Lipinski definition) is 2. The molecule has 2 aromatic heterocycles. The van der Waals surface area contributed by atoms with Gasteiger partial charge in [0.1, 0.15) is 27.2 Å². The minimum atomic E-state index is -3.19. The van der Waals surface area contributed by atoms with E-state index < -0.39 is 9.92 Å². The summed E-state index contributed by atoms with van der Waals surface area (Å²) in [7, 11) is -1.58. The van der Waals surface area contributed by atoms with Crippen molar-refractivity contribution < 1.29 is 13.7 Å². The number of hydrogen-bond acceptors (Lipinski definition) is 6. The Kier molecular flexibility index (Phi) is 6.62. The number of pyridine rings is 2. The van der Waals surface area contributed by atoms with Gasteiger partial charge < -0.3 is 9.47 Å². The van der Waals surface area contributed by atoms with Gasteiger partial charge in [-0.2, -0.15) is 0 Å². The first-order chi connectivity index (χ1) is 17.5. The molecule has 180 valence electrons. The Bertz CT molecular complexity index is 1590. The molecule has 0 bridgehead atoms. The molecule has 7 nitrogen and oxygen atoms in total. The standard InChI is InChI=1S/C28H24N4O3S/c1-34-24-8-11-26-27(18-24)31-17-14-28(26)35-23-6-9-25(10-7-23)36(29,33)32-19-20-2-4-21(5-3-20)22-12-15-30-16-13-22/h2-18H,19H2,1H3,(H2,29,32,33). The fourth-order valence-corrected chi connectivity index (χ4v) is 4.83. The van der Waals surface area contributed by atoms with Crippen LogP contribution in [0.5, 0.6) is 17.2 Å². The van der Waals surface area contributed by atoms with E-state index in [0.717, 1.165) is 33.3 Å². The molecule has 2 N–H and O–H groups in total. The van der Waals surface area contributed by atoms with Crippen LogP contribution in [0.3, 0.4) is 0 Å². The van der Waals surface area contributed by atoms with Crippen molar-refractivity contribution in [3.8, 4) is 28.4 Å². The molecule has 0 fully saturated rings. The third kappa shape index (κ3) is 5.19. The molecule has 0 spiro atoms. The van der Waals surface area contributed by atoms with E-state index in [4.69, 9.17) is 14.3 Å². The Morgan fingerprint density at radius 1 is 0.833 bits per heavy atom. The summed E-state index contributed by atoms with van der Waals surface area (Å²) in [6.07, 6.45) is 5.19. The number of rotatable bonds is 8. The van der Waals surface area contributed by atoms with Crippen LogP contribution in [0.25, 0.3) is 22.0 Å². The molecule has 5 aromatic rings. The van der Waals surface area contributed by atoms with Crippen LogP contribution in [0.4, 0.5) is 0 Å². The molecule has 5 rings (SSSR count). The number of nitrogens with zero attached hydrogens (tertiary/aromatic N) is 2. The molecule has 1 atom stereocenters. The first kappa shape index (κ1) is 23.5. The summed E-state index contributed by atoms with van der Waals surface area (Å²) in [4.78, 5) is 8.79. The lowest BCUT2D eigenvalue weighted by molar-refractivity contribution is 0.415. The van der Waals surface area contributed by atoms with E-state index in [9.17, 15) is 4.21 Å². The fourth-order valence-electron chi connectivity index (χ4n) is 3.77. The molecular formula is C28H24N4O3S. The van der Waals surface area contributed by atoms with E-state index in [2.05, 4.69) is 14.7 Å². The van der Waals surface area contributed by atoms with Gasteiger partial charge in [-0.15, -0.1) is 0 Å². The fraction of sp³-hybridized carbons (Fsp3) is 0.0714. The maximum atomic E-state index is 13.0. The Morgan fingerprint density at radius 2 is 1.53 bits per heavy atom. The van der Waals surface area contributed by atoms with Gasteiger partial charge in [0.15, 0.2) is 0 Å². The van der Waals surface area contributed by atoms with Crippen LogP contribution < -0.4 is 14.2 Å². The quantitative estimate of drug-likeness (QED) is 0.266. The smallest absolute Gasteiger partial charge is 0.138 e. The summed E-state index contributed by atoms with van der Waals surface area (Å²) in [5.74, 6) is 1.94. The van der Waals surface area contributed by atoms with Gasteiger partial charge in [0.25, 0.3) is 0 Å². The van der Waals surface area contributed by atoms with E-state index in [1.165, 1.54) is 0 Å².